The summed E-state index contributed by atoms with van der Waals surface area (Å²) in [5, 5.41) is 3.84. The summed E-state index contributed by atoms with van der Waals surface area (Å²) in [7, 11) is 1.55. The number of H-pyrrole nitrogens is 1. The van der Waals surface area contributed by atoms with Crippen LogP contribution < -0.4 is 45.6 Å². The van der Waals surface area contributed by atoms with E-state index in [1.165, 1.54) is 0 Å². The van der Waals surface area contributed by atoms with Gasteiger partial charge in [0.05, 0.1) is 19.3 Å². The molecule has 0 spiro atoms. The van der Waals surface area contributed by atoms with Crippen molar-refractivity contribution >= 4 is 0 Å². The van der Waals surface area contributed by atoms with Crippen LogP contribution in [0.25, 0.3) is 22.5 Å². The Bertz CT molecular complexity index is 1680. The number of ether oxygens (including phenoxy) is 1. The molecule has 0 aliphatic heterocycles. The van der Waals surface area contributed by atoms with Gasteiger partial charge in [-0.3, -0.25) is 18.9 Å². The molecule has 0 bridgehead atoms. The van der Waals surface area contributed by atoms with E-state index >= 15 is 0 Å². The van der Waals surface area contributed by atoms with Crippen LogP contribution in [0.4, 0.5) is 0 Å². The third-order valence-electron chi connectivity index (χ3n) is 6.71. The van der Waals surface area contributed by atoms with Crippen LogP contribution in [-0.2, 0) is 19.4 Å². The van der Waals surface area contributed by atoms with Gasteiger partial charge in [-0.25, -0.2) is 9.78 Å². The predicted molar refractivity (Wildman–Crippen MR) is 151 cm³/mol. The van der Waals surface area contributed by atoms with Crippen LogP contribution in [0.2, 0.25) is 0 Å². The Hall–Kier alpha value is -3.72. The molecule has 5 rings (SSSR count). The molecule has 1 N–H and O–H groups in total. The minimum absolute atomic E-state index is 0. The Labute approximate surface area is 255 Å². The summed E-state index contributed by atoms with van der Waals surface area (Å²) in [5.41, 5.74) is 6.03. The van der Waals surface area contributed by atoms with Crippen molar-refractivity contribution in [2.75, 3.05) is 7.11 Å². The van der Waals surface area contributed by atoms with E-state index < -0.39 is 5.76 Å². The van der Waals surface area contributed by atoms with Crippen LogP contribution in [0.15, 0.2) is 93.0 Å². The summed E-state index contributed by atoms with van der Waals surface area (Å²) in [6.07, 6.45) is 3.11. The molecular formula is C31H31N4NaO4. The molecule has 200 valence electrons. The zero-order valence-electron chi connectivity index (χ0n) is 24.0. The number of aryl methyl sites for hydroxylation is 1. The zero-order chi connectivity index (χ0) is 27.2. The summed E-state index contributed by atoms with van der Waals surface area (Å²) >= 11 is 0. The maximum absolute atomic E-state index is 13.8. The van der Waals surface area contributed by atoms with Crippen LogP contribution in [0, 0.1) is 0 Å². The number of aromatic nitrogens is 4. The summed E-state index contributed by atoms with van der Waals surface area (Å²) in [5.74, 6) is -0.219. The minimum atomic E-state index is -0.597. The number of hydrogen-bond acceptors (Lipinski definition) is 6. The standard InChI is InChI=1S/C31H30N4O4.Na.H/c1-3-4-14-27-26(29(36)35(30(32-27)38-2)20-22-10-6-5-7-11-22)19-21-15-17-23(18-16-21)24-12-8-9-13-25(24)28-33-31(37)39-34-28;;/h5-13,15-18H,3-4,14,19-20H2,1-2H3,(H,33,34,37);;/q;+1;-1. The van der Waals surface area contributed by atoms with Gasteiger partial charge in [0, 0.05) is 17.5 Å². The maximum atomic E-state index is 13.8. The number of hydrogen-bond donors (Lipinski definition) is 1. The number of methoxy groups -OCH3 is 1. The smallest absolute Gasteiger partial charge is 1.00 e. The molecule has 3 aromatic carbocycles. The molecule has 0 fully saturated rings. The van der Waals surface area contributed by atoms with Crippen LogP contribution in [0.1, 0.15) is 43.6 Å². The van der Waals surface area contributed by atoms with Gasteiger partial charge in [-0.05, 0) is 35.1 Å². The van der Waals surface area contributed by atoms with Gasteiger partial charge in [-0.2, -0.15) is 0 Å². The van der Waals surface area contributed by atoms with Gasteiger partial charge in [0.2, 0.25) is 0 Å². The van der Waals surface area contributed by atoms with Crippen molar-refractivity contribution in [1.29, 1.82) is 0 Å². The molecular weight excluding hydrogens is 515 g/mol. The first kappa shape index (κ1) is 29.3. The number of unbranched alkanes of at least 4 members (excludes halogenated alkanes) is 1. The van der Waals surface area contributed by atoms with Crippen molar-refractivity contribution in [1.82, 2.24) is 19.7 Å². The Balaban J connectivity index is 0.00000231. The second-order valence-corrected chi connectivity index (χ2v) is 9.37. The van der Waals surface area contributed by atoms with Crippen molar-refractivity contribution in [3.63, 3.8) is 0 Å². The number of aromatic amines is 1. The first-order chi connectivity index (χ1) is 19.1. The maximum Gasteiger partial charge on any atom is 1.00 e. The van der Waals surface area contributed by atoms with E-state index in [2.05, 4.69) is 17.1 Å². The van der Waals surface area contributed by atoms with E-state index in [0.29, 0.717) is 36.8 Å². The van der Waals surface area contributed by atoms with Gasteiger partial charge in [0.15, 0.2) is 5.82 Å². The second kappa shape index (κ2) is 13.6. The van der Waals surface area contributed by atoms with Crippen molar-refractivity contribution in [3.8, 4) is 28.5 Å². The molecule has 0 amide bonds. The number of benzene rings is 3. The predicted octanol–water partition coefficient (Wildman–Crippen LogP) is 2.36. The van der Waals surface area contributed by atoms with E-state index in [-0.39, 0.29) is 36.5 Å². The van der Waals surface area contributed by atoms with Crippen LogP contribution in [0.5, 0.6) is 6.01 Å². The molecule has 0 radical (unpaired) electrons. The monoisotopic (exact) mass is 546 g/mol. The second-order valence-electron chi connectivity index (χ2n) is 9.37. The topological polar surface area (TPSA) is 103 Å². The summed E-state index contributed by atoms with van der Waals surface area (Å²) in [4.78, 5) is 32.7. The molecule has 2 heterocycles. The fraction of sp³-hybridized carbons (Fsp3) is 0.226. The van der Waals surface area contributed by atoms with E-state index in [9.17, 15) is 9.59 Å². The first-order valence-corrected chi connectivity index (χ1v) is 13.0. The Morgan fingerprint density at radius 3 is 2.27 bits per heavy atom. The van der Waals surface area contributed by atoms with Gasteiger partial charge < -0.3 is 6.16 Å². The summed E-state index contributed by atoms with van der Waals surface area (Å²) < 4.78 is 11.9. The van der Waals surface area contributed by atoms with Crippen LogP contribution >= 0.6 is 0 Å². The van der Waals surface area contributed by atoms with Crippen LogP contribution in [-0.4, -0.2) is 26.8 Å². The third kappa shape index (κ3) is 6.53. The Morgan fingerprint density at radius 2 is 1.62 bits per heavy atom. The molecule has 0 atom stereocenters. The van der Waals surface area contributed by atoms with Gasteiger partial charge in [0.25, 0.3) is 11.6 Å². The van der Waals surface area contributed by atoms with E-state index in [1.807, 2.05) is 78.9 Å². The zero-order valence-corrected chi connectivity index (χ0v) is 25.0. The number of rotatable bonds is 10. The molecule has 0 saturated carbocycles. The van der Waals surface area contributed by atoms with Crippen molar-refractivity contribution in [2.24, 2.45) is 0 Å². The van der Waals surface area contributed by atoms with Gasteiger partial charge >= 0.3 is 35.3 Å². The van der Waals surface area contributed by atoms with Crippen molar-refractivity contribution in [2.45, 2.75) is 39.2 Å². The Morgan fingerprint density at radius 1 is 0.925 bits per heavy atom. The summed E-state index contributed by atoms with van der Waals surface area (Å²) in [6, 6.07) is 25.9. The molecule has 9 heteroatoms. The fourth-order valence-electron chi connectivity index (χ4n) is 4.70. The Kier molecular flexibility index (Phi) is 9.93. The molecule has 8 nitrogen and oxygen atoms in total. The molecule has 0 aliphatic carbocycles. The molecule has 0 aliphatic rings. The molecule has 5 aromatic rings. The quantitative estimate of drug-likeness (QED) is 0.270. The number of nitrogens with one attached hydrogen (secondary N) is 1. The number of nitrogens with zero attached hydrogens (tertiary/aromatic N) is 3. The van der Waals surface area contributed by atoms with Crippen LogP contribution in [0.3, 0.4) is 0 Å². The molecule has 2 aromatic heterocycles. The van der Waals surface area contributed by atoms with Gasteiger partial charge in [-0.15, -0.1) is 0 Å². The fourth-order valence-corrected chi connectivity index (χ4v) is 4.70. The average molecular weight is 547 g/mol. The molecule has 0 saturated heterocycles. The largest absolute Gasteiger partial charge is 1.00 e. The van der Waals surface area contributed by atoms with E-state index in [1.54, 1.807) is 11.7 Å². The first-order valence-electron chi connectivity index (χ1n) is 13.0. The van der Waals surface area contributed by atoms with Gasteiger partial charge in [-0.1, -0.05) is 97.4 Å². The minimum Gasteiger partial charge on any atom is -1.00 e. The van der Waals surface area contributed by atoms with Gasteiger partial charge in [0.1, 0.15) is 0 Å². The van der Waals surface area contributed by atoms with E-state index in [4.69, 9.17) is 14.2 Å². The normalized spacial score (nSPS) is 10.8. The SMILES string of the molecule is CCCCc1nc(OC)n(Cc2ccccc2)c(=O)c1Cc1ccc(-c2ccccc2-c2noc(=O)[nH]2)cc1.[H-].[Na+]. The third-order valence-corrected chi connectivity index (χ3v) is 6.71. The van der Waals surface area contributed by atoms with Crippen molar-refractivity contribution in [3.05, 3.63) is 122 Å². The molecule has 0 unspecified atom stereocenters. The summed E-state index contributed by atoms with van der Waals surface area (Å²) in [6.45, 7) is 2.51. The average Bonchev–Trinajstić information content (AvgIpc) is 3.41. The molecule has 40 heavy (non-hydrogen) atoms. The van der Waals surface area contributed by atoms with E-state index in [0.717, 1.165) is 46.4 Å². The van der Waals surface area contributed by atoms with Crippen molar-refractivity contribution < 1.29 is 40.2 Å².